The average Bonchev–Trinajstić information content (AvgIpc) is 3.92. The van der Waals surface area contributed by atoms with Crippen molar-refractivity contribution in [2.24, 2.45) is 23.3 Å². The number of pyridine rings is 3. The predicted octanol–water partition coefficient (Wildman–Crippen LogP) is 3.63. The van der Waals surface area contributed by atoms with Gasteiger partial charge in [0.05, 0.1) is 33.6 Å². The van der Waals surface area contributed by atoms with Crippen molar-refractivity contribution in [3.8, 4) is 11.4 Å². The number of benzene rings is 2. The Morgan fingerprint density at radius 2 is 1.53 bits per heavy atom. The van der Waals surface area contributed by atoms with Crippen LogP contribution in [-0.4, -0.2) is 62.0 Å². The molecule has 274 valence electrons. The summed E-state index contributed by atoms with van der Waals surface area (Å²) in [5.41, 5.74) is 8.95. The molecule has 53 heavy (non-hydrogen) atoms. The van der Waals surface area contributed by atoms with Gasteiger partial charge in [0, 0.05) is 43.1 Å². The number of ether oxygens (including phenoxy) is 1. The number of nitrogens with zero attached hydrogens (tertiary/aromatic N) is 4. The van der Waals surface area contributed by atoms with Crippen molar-refractivity contribution in [3.05, 3.63) is 103 Å². The number of rotatable bonds is 5. The second-order valence-corrected chi connectivity index (χ2v) is 14.0. The lowest BCUT2D eigenvalue weighted by molar-refractivity contribution is 0.0684. The lowest BCUT2D eigenvalue weighted by atomic mass is 9.98. The molecule has 9 rings (SSSR count). The third-order valence-corrected chi connectivity index (χ3v) is 10.6. The zero-order valence-electron chi connectivity index (χ0n) is 27.8. The highest BCUT2D eigenvalue weighted by atomic mass is 19.1. The normalized spacial score (nSPS) is 21.8. The summed E-state index contributed by atoms with van der Waals surface area (Å²) in [6, 6.07) is 4.61. The molecule has 4 atom stereocenters. The zero-order chi connectivity index (χ0) is 37.8. The first-order valence-electron chi connectivity index (χ1n) is 16.6. The molecule has 6 N–H and O–H groups in total. The smallest absolute Gasteiger partial charge is 0.341 e. The second kappa shape index (κ2) is 11.9. The maximum atomic E-state index is 14.8. The number of carboxylic acids is 2. The first-order chi connectivity index (χ1) is 25.1. The van der Waals surface area contributed by atoms with E-state index in [-0.39, 0.29) is 75.3 Å². The Bertz CT molecular complexity index is 2560. The monoisotopic (exact) mass is 734 g/mol. The Labute approximate surface area is 295 Å². The van der Waals surface area contributed by atoms with Crippen LogP contribution in [0.15, 0.2) is 52.3 Å². The molecule has 4 aliphatic rings. The van der Waals surface area contributed by atoms with Gasteiger partial charge in [-0.1, -0.05) is 0 Å². The van der Waals surface area contributed by atoms with Crippen LogP contribution < -0.4 is 32.0 Å². The largest absolute Gasteiger partial charge is 0.489 e. The van der Waals surface area contributed by atoms with Gasteiger partial charge in [-0.05, 0) is 55.9 Å². The van der Waals surface area contributed by atoms with Crippen LogP contribution >= 0.6 is 0 Å². The molecule has 2 aliphatic heterocycles. The van der Waals surface area contributed by atoms with E-state index in [1.54, 1.807) is 9.47 Å². The average molecular weight is 735 g/mol. The fourth-order valence-corrected chi connectivity index (χ4v) is 7.42. The summed E-state index contributed by atoms with van der Waals surface area (Å²) in [7, 11) is 0. The molecule has 5 heterocycles. The summed E-state index contributed by atoms with van der Waals surface area (Å²) in [5.74, 6) is -5.38. The number of hydrogen-bond donors (Lipinski definition) is 4. The lowest BCUT2D eigenvalue weighted by Crippen LogP contribution is -2.30. The molecule has 0 radical (unpaired) electrons. The van der Waals surface area contributed by atoms with E-state index in [0.717, 1.165) is 35.0 Å². The maximum absolute atomic E-state index is 14.8. The number of hydrogen-bond acceptors (Lipinski definition) is 9. The van der Waals surface area contributed by atoms with Crippen LogP contribution in [0.1, 0.15) is 52.1 Å². The van der Waals surface area contributed by atoms with Gasteiger partial charge in [0.25, 0.3) is 0 Å². The van der Waals surface area contributed by atoms with Gasteiger partial charge < -0.3 is 35.9 Å². The first kappa shape index (κ1) is 34.3. The Morgan fingerprint density at radius 3 is 2.15 bits per heavy atom. The van der Waals surface area contributed by atoms with Gasteiger partial charge >= 0.3 is 11.9 Å². The van der Waals surface area contributed by atoms with E-state index in [1.807, 2.05) is 6.92 Å². The molecule has 5 aromatic rings. The van der Waals surface area contributed by atoms with Crippen LogP contribution in [0.2, 0.25) is 0 Å². The molecule has 3 aromatic heterocycles. The fraction of sp³-hybridized carbons (Fsp3) is 0.306. The standard InChI is InChI=1S/C20H15F3N4O3.C16H15FN2O4/c21-8-1-2-15(13(22)3-8)27-7-12(20(29)30)17(28)9-4-14(23)19(25-18(9)27)26-5-10-11(6-26)16(10)24;1-7-6-23-14-11(16(18)2-3-16)10(17)4-8-12(14)19(7)5-9(13(8)20)15(21)22/h1-4,7,10-11,16H,5-6,24H2,(H,29,30);4-5,7H,2-3,6,18H2,1H3,(H,21,22)/t10-,11+,16?;7-/m.0/s1. The summed E-state index contributed by atoms with van der Waals surface area (Å²) < 4.78 is 65.7. The summed E-state index contributed by atoms with van der Waals surface area (Å²) >= 11 is 0. The second-order valence-electron chi connectivity index (χ2n) is 14.0. The van der Waals surface area contributed by atoms with Gasteiger partial charge in [-0.25, -0.2) is 32.1 Å². The number of anilines is 1. The topological polar surface area (TPSA) is 196 Å². The van der Waals surface area contributed by atoms with E-state index < -0.39 is 57.2 Å². The van der Waals surface area contributed by atoms with Crippen molar-refractivity contribution in [3.63, 3.8) is 0 Å². The van der Waals surface area contributed by atoms with E-state index in [9.17, 15) is 47.0 Å². The molecule has 3 fully saturated rings. The molecule has 0 amide bonds. The number of nitrogens with two attached hydrogens (primary N) is 2. The SMILES string of the molecule is C[C@H]1COc2c(C3(N)CC3)c(F)cc3c(=O)c(C(=O)O)cn1c23.NC1[C@H]2CN(c3nc4c(cc3F)c(=O)c(C(=O)O)cn4-c3ccc(F)cc3F)C[C@@H]12. The van der Waals surface area contributed by atoms with E-state index in [2.05, 4.69) is 4.98 Å². The van der Waals surface area contributed by atoms with Crippen LogP contribution in [0.5, 0.6) is 5.75 Å². The summed E-state index contributed by atoms with van der Waals surface area (Å²) in [4.78, 5) is 53.8. The van der Waals surface area contributed by atoms with Crippen LogP contribution in [0.4, 0.5) is 23.4 Å². The third-order valence-electron chi connectivity index (χ3n) is 10.6. The Hall–Kier alpha value is -5.81. The summed E-state index contributed by atoms with van der Waals surface area (Å²) in [5, 5.41) is 18.3. The minimum Gasteiger partial charge on any atom is -0.489 e. The molecule has 1 saturated heterocycles. The van der Waals surface area contributed by atoms with Gasteiger partial charge in [0.2, 0.25) is 10.9 Å². The van der Waals surface area contributed by atoms with E-state index in [0.29, 0.717) is 37.5 Å². The lowest BCUT2D eigenvalue weighted by Gasteiger charge is -2.29. The Balaban J connectivity index is 0.000000156. The first-order valence-corrected chi connectivity index (χ1v) is 16.6. The minimum absolute atomic E-state index is 0.0111. The molecule has 13 nitrogen and oxygen atoms in total. The van der Waals surface area contributed by atoms with Gasteiger partial charge in [0.1, 0.15) is 35.2 Å². The highest BCUT2D eigenvalue weighted by Gasteiger charge is 2.54. The molecular formula is C36H30F4N6O7. The van der Waals surface area contributed by atoms with Crippen molar-refractivity contribution in [1.82, 2.24) is 14.1 Å². The van der Waals surface area contributed by atoms with Gasteiger partial charge in [-0.2, -0.15) is 0 Å². The third kappa shape index (κ3) is 5.40. The van der Waals surface area contributed by atoms with Crippen LogP contribution in [-0.2, 0) is 5.54 Å². The molecule has 2 aromatic carbocycles. The zero-order valence-corrected chi connectivity index (χ0v) is 27.8. The maximum Gasteiger partial charge on any atom is 0.341 e. The van der Waals surface area contributed by atoms with Gasteiger partial charge in [-0.3, -0.25) is 14.2 Å². The van der Waals surface area contributed by atoms with E-state index >= 15 is 0 Å². The molecule has 2 saturated carbocycles. The summed E-state index contributed by atoms with van der Waals surface area (Å²) in [6.07, 6.45) is 3.52. The van der Waals surface area contributed by atoms with Crippen molar-refractivity contribution in [2.45, 2.75) is 37.4 Å². The van der Waals surface area contributed by atoms with E-state index in [4.69, 9.17) is 16.2 Å². The number of fused-ring (bicyclic) bond motifs is 2. The molecule has 17 heteroatoms. The van der Waals surface area contributed by atoms with Crippen molar-refractivity contribution in [2.75, 3.05) is 24.6 Å². The number of aromatic carboxylic acids is 2. The molecular weight excluding hydrogens is 704 g/mol. The Morgan fingerprint density at radius 1 is 0.906 bits per heavy atom. The fourth-order valence-electron chi connectivity index (χ4n) is 7.42. The number of carbonyl (C=O) groups is 2. The van der Waals surface area contributed by atoms with Crippen LogP contribution in [0, 0.1) is 35.1 Å². The van der Waals surface area contributed by atoms with Gasteiger partial charge in [-0.15, -0.1) is 0 Å². The highest BCUT2D eigenvalue weighted by molar-refractivity contribution is 5.95. The number of aromatic nitrogens is 3. The minimum atomic E-state index is -1.56. The number of carboxylic acid groups (broad SMARTS) is 2. The number of piperidine rings is 1. The summed E-state index contributed by atoms with van der Waals surface area (Å²) in [6.45, 7) is 3.11. The predicted molar refractivity (Wildman–Crippen MR) is 182 cm³/mol. The highest BCUT2D eigenvalue weighted by Crippen LogP contribution is 2.51. The molecule has 0 spiro atoms. The molecule has 2 aliphatic carbocycles. The molecule has 0 bridgehead atoms. The molecule has 1 unspecified atom stereocenters. The van der Waals surface area contributed by atoms with Crippen molar-refractivity contribution >= 4 is 39.7 Å². The quantitative estimate of drug-likeness (QED) is 0.193. The van der Waals surface area contributed by atoms with Crippen LogP contribution in [0.3, 0.4) is 0 Å². The van der Waals surface area contributed by atoms with E-state index in [1.165, 1.54) is 6.20 Å². The van der Waals surface area contributed by atoms with Gasteiger partial charge in [0.15, 0.2) is 23.0 Å². The number of halogens is 4. The Kier molecular flexibility index (Phi) is 7.67. The van der Waals surface area contributed by atoms with Crippen LogP contribution in [0.25, 0.3) is 27.6 Å². The van der Waals surface area contributed by atoms with Crippen molar-refractivity contribution < 1.29 is 42.1 Å². The van der Waals surface area contributed by atoms with Crippen molar-refractivity contribution in [1.29, 1.82) is 0 Å².